The van der Waals surface area contributed by atoms with Crippen molar-refractivity contribution in [3.05, 3.63) is 94.0 Å². The van der Waals surface area contributed by atoms with Gasteiger partial charge in [0.1, 0.15) is 10.6 Å². The zero-order valence-electron chi connectivity index (χ0n) is 24.1. The van der Waals surface area contributed by atoms with Crippen LogP contribution >= 0.6 is 11.6 Å². The third-order valence-electron chi connectivity index (χ3n) is 7.02. The van der Waals surface area contributed by atoms with Gasteiger partial charge in [-0.2, -0.15) is 13.2 Å². The highest BCUT2D eigenvalue weighted by Crippen LogP contribution is 2.35. The fourth-order valence-electron chi connectivity index (χ4n) is 5.18. The summed E-state index contributed by atoms with van der Waals surface area (Å²) in [6.07, 6.45) is -4.40. The Labute approximate surface area is 255 Å². The summed E-state index contributed by atoms with van der Waals surface area (Å²) in [5, 5.41) is 2.43. The van der Waals surface area contributed by atoms with Gasteiger partial charge in [-0.1, -0.05) is 67.9 Å². The summed E-state index contributed by atoms with van der Waals surface area (Å²) in [5.74, 6) is 0.826. The number of benzene rings is 3. The maximum absolute atomic E-state index is 13.3. The Morgan fingerprint density at radius 3 is 2.47 bits per heavy atom. The molecule has 0 fully saturated rings. The second-order valence-corrected chi connectivity index (χ2v) is 13.2. The first-order valence-electron chi connectivity index (χ1n) is 13.9. The van der Waals surface area contributed by atoms with E-state index in [9.17, 15) is 26.4 Å². The molecule has 1 aliphatic heterocycles. The highest BCUT2D eigenvalue weighted by atomic mass is 35.5. The van der Waals surface area contributed by atoms with Crippen molar-refractivity contribution in [2.45, 2.75) is 56.4 Å². The summed E-state index contributed by atoms with van der Waals surface area (Å²) in [6, 6.07) is 15.1. The smallest absolute Gasteiger partial charge is 0.416 e. The van der Waals surface area contributed by atoms with E-state index in [2.05, 4.69) is 35.8 Å². The normalized spacial score (nSPS) is 16.1. The van der Waals surface area contributed by atoms with Crippen LogP contribution in [0.15, 0.2) is 71.6 Å². The number of alkyl halides is 3. The highest BCUT2D eigenvalue weighted by Gasteiger charge is 2.33. The lowest BCUT2D eigenvalue weighted by Gasteiger charge is -2.28. The maximum atomic E-state index is 13.3. The Kier molecular flexibility index (Phi) is 10.4. The number of halogens is 4. The molecule has 12 heteroatoms. The summed E-state index contributed by atoms with van der Waals surface area (Å²) >= 11 is 5.98. The standard InChI is InChI=1S/C31H35ClF3N3O4S/c1-20(2)18-38(3)19-21-9-11-24-26(13-14-42-28(24)15-21)36-30(39)17-27(22-7-5-4-6-8-22)37-43(40,41)29-12-10-23(16-25(29)32)31(33,34)35/h4-12,15-16,20,26-27,37H,13-14,17-19H2,1-3H3,(H,36,39). The van der Waals surface area contributed by atoms with Crippen molar-refractivity contribution in [3.8, 4) is 5.75 Å². The van der Waals surface area contributed by atoms with Gasteiger partial charge in [-0.3, -0.25) is 4.79 Å². The van der Waals surface area contributed by atoms with Gasteiger partial charge in [-0.05, 0) is 48.4 Å². The first-order chi connectivity index (χ1) is 20.2. The average Bonchev–Trinajstić information content (AvgIpc) is 2.92. The summed E-state index contributed by atoms with van der Waals surface area (Å²) in [4.78, 5) is 15.0. The molecule has 0 bridgehead atoms. The van der Waals surface area contributed by atoms with Gasteiger partial charge in [-0.15, -0.1) is 0 Å². The number of fused-ring (bicyclic) bond motifs is 1. The van der Waals surface area contributed by atoms with Gasteiger partial charge in [-0.25, -0.2) is 13.1 Å². The molecule has 0 aliphatic carbocycles. The fourth-order valence-corrected chi connectivity index (χ4v) is 6.95. The molecule has 7 nitrogen and oxygen atoms in total. The van der Waals surface area contributed by atoms with Gasteiger partial charge in [0, 0.05) is 31.5 Å². The first-order valence-corrected chi connectivity index (χ1v) is 15.8. The van der Waals surface area contributed by atoms with Crippen LogP contribution in [-0.2, 0) is 27.5 Å². The van der Waals surface area contributed by atoms with Crippen molar-refractivity contribution >= 4 is 27.5 Å². The topological polar surface area (TPSA) is 87.7 Å². The predicted molar refractivity (Wildman–Crippen MR) is 159 cm³/mol. The quantitative estimate of drug-likeness (QED) is 0.251. The van der Waals surface area contributed by atoms with Crippen LogP contribution in [0.25, 0.3) is 0 Å². The molecule has 232 valence electrons. The lowest BCUT2D eigenvalue weighted by Crippen LogP contribution is -2.36. The third kappa shape index (κ3) is 8.72. The molecule has 43 heavy (non-hydrogen) atoms. The Morgan fingerprint density at radius 1 is 1.09 bits per heavy atom. The van der Waals surface area contributed by atoms with E-state index >= 15 is 0 Å². The van der Waals surface area contributed by atoms with E-state index in [1.165, 1.54) is 0 Å². The molecule has 0 aromatic heterocycles. The molecular weight excluding hydrogens is 603 g/mol. The van der Waals surface area contributed by atoms with Crippen LogP contribution in [-0.4, -0.2) is 39.4 Å². The molecule has 0 saturated carbocycles. The number of rotatable bonds is 11. The average molecular weight is 638 g/mol. The fraction of sp³-hybridized carbons (Fsp3) is 0.387. The molecule has 3 aromatic rings. The zero-order chi connectivity index (χ0) is 31.4. The minimum absolute atomic E-state index is 0.258. The molecule has 0 radical (unpaired) electrons. The molecule has 2 N–H and O–H groups in total. The van der Waals surface area contributed by atoms with Crippen molar-refractivity contribution in [1.82, 2.24) is 14.9 Å². The number of hydrogen-bond acceptors (Lipinski definition) is 5. The van der Waals surface area contributed by atoms with Crippen LogP contribution in [0, 0.1) is 5.92 Å². The van der Waals surface area contributed by atoms with Crippen LogP contribution in [0.4, 0.5) is 13.2 Å². The second kappa shape index (κ2) is 13.7. The molecule has 0 saturated heterocycles. The number of carbonyl (C=O) groups is 1. The molecular formula is C31H35ClF3N3O4S. The number of nitrogens with one attached hydrogen (secondary N) is 2. The van der Waals surface area contributed by atoms with E-state index in [1.54, 1.807) is 30.3 Å². The summed E-state index contributed by atoms with van der Waals surface area (Å²) in [7, 11) is -2.34. The van der Waals surface area contributed by atoms with Gasteiger partial charge < -0.3 is 15.0 Å². The monoisotopic (exact) mass is 637 g/mol. The SMILES string of the molecule is CC(C)CN(C)Cc1ccc2c(c1)OCCC2NC(=O)CC(NS(=O)(=O)c1ccc(C(F)(F)F)cc1Cl)c1ccccc1. The number of nitrogens with zero attached hydrogens (tertiary/aromatic N) is 1. The number of sulfonamides is 1. The van der Waals surface area contributed by atoms with E-state index < -0.39 is 43.6 Å². The Hall–Kier alpha value is -3.12. The van der Waals surface area contributed by atoms with E-state index in [4.69, 9.17) is 16.3 Å². The number of hydrogen-bond donors (Lipinski definition) is 2. The molecule has 1 aliphatic rings. The van der Waals surface area contributed by atoms with Gasteiger partial charge in [0.05, 0.1) is 29.3 Å². The zero-order valence-corrected chi connectivity index (χ0v) is 25.7. The van der Waals surface area contributed by atoms with Crippen molar-refractivity contribution in [3.63, 3.8) is 0 Å². The summed E-state index contributed by atoms with van der Waals surface area (Å²) < 4.78 is 74.2. The molecule has 2 atom stereocenters. The van der Waals surface area contributed by atoms with E-state index in [0.717, 1.165) is 30.3 Å². The minimum Gasteiger partial charge on any atom is -0.493 e. The van der Waals surface area contributed by atoms with Crippen LogP contribution in [0.1, 0.15) is 61.0 Å². The van der Waals surface area contributed by atoms with Crippen LogP contribution < -0.4 is 14.8 Å². The van der Waals surface area contributed by atoms with Gasteiger partial charge in [0.2, 0.25) is 15.9 Å². The van der Waals surface area contributed by atoms with Crippen molar-refractivity contribution in [2.24, 2.45) is 5.92 Å². The van der Waals surface area contributed by atoms with E-state index in [0.29, 0.717) is 42.4 Å². The Bertz CT molecular complexity index is 1530. The Balaban J connectivity index is 1.50. The van der Waals surface area contributed by atoms with E-state index in [-0.39, 0.29) is 12.5 Å². The molecule has 2 unspecified atom stereocenters. The summed E-state index contributed by atoms with van der Waals surface area (Å²) in [5.41, 5.74) is 1.37. The number of carbonyl (C=O) groups excluding carboxylic acids is 1. The molecule has 0 spiro atoms. The number of ether oxygens (including phenoxy) is 1. The van der Waals surface area contributed by atoms with E-state index in [1.807, 2.05) is 18.2 Å². The minimum atomic E-state index is -4.68. The van der Waals surface area contributed by atoms with Crippen LogP contribution in [0.3, 0.4) is 0 Å². The molecule has 1 heterocycles. The van der Waals surface area contributed by atoms with Crippen LogP contribution in [0.2, 0.25) is 5.02 Å². The molecule has 1 amide bonds. The van der Waals surface area contributed by atoms with Crippen molar-refractivity contribution in [2.75, 3.05) is 20.2 Å². The van der Waals surface area contributed by atoms with Crippen LogP contribution in [0.5, 0.6) is 5.75 Å². The van der Waals surface area contributed by atoms with Crippen molar-refractivity contribution in [1.29, 1.82) is 0 Å². The predicted octanol–water partition coefficient (Wildman–Crippen LogP) is 6.50. The molecule has 3 aromatic carbocycles. The van der Waals surface area contributed by atoms with Gasteiger partial charge >= 0.3 is 6.18 Å². The first kappa shape index (κ1) is 32.8. The highest BCUT2D eigenvalue weighted by molar-refractivity contribution is 7.89. The summed E-state index contributed by atoms with van der Waals surface area (Å²) in [6.45, 7) is 6.44. The van der Waals surface area contributed by atoms with Crippen molar-refractivity contribution < 1.29 is 31.1 Å². The lowest BCUT2D eigenvalue weighted by molar-refractivity contribution is -0.137. The third-order valence-corrected chi connectivity index (χ3v) is 8.97. The largest absolute Gasteiger partial charge is 0.493 e. The number of amides is 1. The maximum Gasteiger partial charge on any atom is 0.416 e. The Morgan fingerprint density at radius 2 is 1.81 bits per heavy atom. The van der Waals surface area contributed by atoms with Gasteiger partial charge in [0.15, 0.2) is 0 Å². The lowest BCUT2D eigenvalue weighted by atomic mass is 9.97. The second-order valence-electron chi connectivity index (χ2n) is 11.2. The molecule has 4 rings (SSSR count). The van der Waals surface area contributed by atoms with Gasteiger partial charge in [0.25, 0.3) is 0 Å².